The summed E-state index contributed by atoms with van der Waals surface area (Å²) in [6.07, 6.45) is 1.66. The summed E-state index contributed by atoms with van der Waals surface area (Å²) in [5.41, 5.74) is 1.98. The van der Waals surface area contributed by atoms with Gasteiger partial charge in [-0.3, -0.25) is 4.57 Å². The molecule has 0 bridgehead atoms. The first-order valence-corrected chi connectivity index (χ1v) is 8.76. The van der Waals surface area contributed by atoms with Crippen LogP contribution in [0.15, 0.2) is 41.0 Å². The van der Waals surface area contributed by atoms with Gasteiger partial charge in [-0.2, -0.15) is 0 Å². The van der Waals surface area contributed by atoms with E-state index < -0.39 is 7.60 Å². The van der Waals surface area contributed by atoms with Crippen LogP contribution in [0.3, 0.4) is 0 Å². The van der Waals surface area contributed by atoms with Crippen molar-refractivity contribution >= 4 is 13.0 Å². The summed E-state index contributed by atoms with van der Waals surface area (Å²) >= 11 is 0. The average molecular weight is 325 g/mol. The van der Waals surface area contributed by atoms with Crippen LogP contribution < -0.4 is 4.74 Å². The third-order valence-electron chi connectivity index (χ3n) is 2.65. The van der Waals surface area contributed by atoms with Crippen LogP contribution in [0.1, 0.15) is 33.3 Å². The Kier molecular flexibility index (Phi) is 7.52. The van der Waals surface area contributed by atoms with Gasteiger partial charge in [0.15, 0.2) is 5.45 Å². The zero-order valence-electron chi connectivity index (χ0n) is 13.8. The molecule has 0 aliphatic rings. The Balaban J connectivity index is 3.36. The molecule has 1 aromatic rings. The van der Waals surface area contributed by atoms with Crippen molar-refractivity contribution in [1.29, 1.82) is 0 Å². The maximum atomic E-state index is 13.0. The van der Waals surface area contributed by atoms with Crippen molar-refractivity contribution in [2.24, 2.45) is 4.99 Å². The minimum Gasteiger partial charge on any atom is -0.497 e. The molecule has 0 aliphatic carbocycles. The molecule has 0 unspecified atom stereocenters. The Hall–Kier alpha value is -1.42. The van der Waals surface area contributed by atoms with Crippen molar-refractivity contribution in [2.45, 2.75) is 27.7 Å². The van der Waals surface area contributed by atoms with E-state index in [0.29, 0.717) is 16.8 Å². The maximum absolute atomic E-state index is 13.0. The van der Waals surface area contributed by atoms with E-state index in [4.69, 9.17) is 13.8 Å². The summed E-state index contributed by atoms with van der Waals surface area (Å²) in [5, 5.41) is 0. The predicted molar refractivity (Wildman–Crippen MR) is 89.8 cm³/mol. The van der Waals surface area contributed by atoms with Gasteiger partial charge in [0.2, 0.25) is 0 Å². The predicted octanol–water partition coefficient (Wildman–Crippen LogP) is 4.63. The monoisotopic (exact) mass is 325 g/mol. The maximum Gasteiger partial charge on any atom is 0.380 e. The molecule has 22 heavy (non-hydrogen) atoms. The van der Waals surface area contributed by atoms with Gasteiger partial charge in [0, 0.05) is 11.8 Å². The smallest absolute Gasteiger partial charge is 0.380 e. The number of hydrogen-bond acceptors (Lipinski definition) is 5. The fourth-order valence-electron chi connectivity index (χ4n) is 1.73. The van der Waals surface area contributed by atoms with E-state index >= 15 is 0 Å². The molecular formula is C16H24NO4P. The normalized spacial score (nSPS) is 12.1. The fraction of sp³-hybridized carbons (Fsp3) is 0.438. The Morgan fingerprint density at radius 2 is 1.68 bits per heavy atom. The van der Waals surface area contributed by atoms with Gasteiger partial charge in [-0.15, -0.1) is 0 Å². The number of aliphatic imine (C=N–C) groups is 1. The van der Waals surface area contributed by atoms with Gasteiger partial charge in [0.1, 0.15) is 5.75 Å². The third kappa shape index (κ3) is 5.09. The number of benzene rings is 1. The number of rotatable bonds is 8. The molecule has 0 fully saturated rings. The van der Waals surface area contributed by atoms with E-state index in [1.165, 1.54) is 0 Å². The Morgan fingerprint density at radius 3 is 2.09 bits per heavy atom. The highest BCUT2D eigenvalue weighted by molar-refractivity contribution is 7.73. The van der Waals surface area contributed by atoms with Crippen LogP contribution in [0.25, 0.3) is 0 Å². The van der Waals surface area contributed by atoms with Gasteiger partial charge in [0.25, 0.3) is 0 Å². The van der Waals surface area contributed by atoms with E-state index in [1.54, 1.807) is 51.4 Å². The molecule has 0 aliphatic heterocycles. The largest absolute Gasteiger partial charge is 0.497 e. The molecule has 5 nitrogen and oxygen atoms in total. The van der Waals surface area contributed by atoms with Crippen molar-refractivity contribution < 1.29 is 18.3 Å². The minimum atomic E-state index is -3.47. The standard InChI is InChI=1S/C16H24NO4P/c1-6-20-22(18,21-7-2)16(17-12-13(3)4)14-8-10-15(19-5)11-9-14/h8-12H,6-7H2,1-5H3. The second-order valence-corrected chi connectivity index (χ2v) is 6.66. The van der Waals surface area contributed by atoms with Crippen molar-refractivity contribution in [3.8, 4) is 5.75 Å². The van der Waals surface area contributed by atoms with Crippen LogP contribution in [0.4, 0.5) is 0 Å². The van der Waals surface area contributed by atoms with Crippen molar-refractivity contribution in [1.82, 2.24) is 0 Å². The van der Waals surface area contributed by atoms with E-state index in [0.717, 1.165) is 5.57 Å². The number of nitrogens with zero attached hydrogens (tertiary/aromatic N) is 1. The molecule has 0 atom stereocenters. The molecule has 0 spiro atoms. The molecule has 122 valence electrons. The van der Waals surface area contributed by atoms with Crippen molar-refractivity contribution in [3.63, 3.8) is 0 Å². The topological polar surface area (TPSA) is 57.1 Å². The van der Waals surface area contributed by atoms with E-state index in [-0.39, 0.29) is 13.2 Å². The molecular weight excluding hydrogens is 301 g/mol. The number of allylic oxidation sites excluding steroid dienone is 1. The number of ether oxygens (including phenoxy) is 1. The quantitative estimate of drug-likeness (QED) is 0.516. The lowest BCUT2D eigenvalue weighted by Crippen LogP contribution is -2.09. The fourth-order valence-corrected chi connectivity index (χ4v) is 3.40. The lowest BCUT2D eigenvalue weighted by atomic mass is 10.2. The van der Waals surface area contributed by atoms with Crippen LogP contribution in [0, 0.1) is 0 Å². The first kappa shape index (κ1) is 18.6. The summed E-state index contributed by atoms with van der Waals surface area (Å²) in [5.74, 6) is 0.716. The summed E-state index contributed by atoms with van der Waals surface area (Å²) in [7, 11) is -1.87. The van der Waals surface area contributed by atoms with E-state index in [1.807, 2.05) is 13.8 Å². The molecule has 6 heteroatoms. The number of methoxy groups -OCH3 is 1. The molecule has 0 heterocycles. The zero-order chi connectivity index (χ0) is 16.6. The lowest BCUT2D eigenvalue weighted by molar-refractivity contribution is 0.232. The van der Waals surface area contributed by atoms with Crippen LogP contribution in [0.5, 0.6) is 5.75 Å². The van der Waals surface area contributed by atoms with Crippen LogP contribution in [0.2, 0.25) is 0 Å². The minimum absolute atomic E-state index is 0.279. The van der Waals surface area contributed by atoms with Gasteiger partial charge in [-0.25, -0.2) is 4.99 Å². The molecule has 0 saturated heterocycles. The summed E-state index contributed by atoms with van der Waals surface area (Å²) < 4.78 is 29.0. The third-order valence-corrected chi connectivity index (χ3v) is 4.74. The van der Waals surface area contributed by atoms with Gasteiger partial charge in [-0.1, -0.05) is 5.57 Å². The first-order chi connectivity index (χ1) is 10.5. The summed E-state index contributed by atoms with van der Waals surface area (Å²) in [6, 6.07) is 7.16. The van der Waals surface area contributed by atoms with Crippen molar-refractivity contribution in [3.05, 3.63) is 41.6 Å². The van der Waals surface area contributed by atoms with Gasteiger partial charge < -0.3 is 13.8 Å². The van der Waals surface area contributed by atoms with Gasteiger partial charge >= 0.3 is 7.60 Å². The van der Waals surface area contributed by atoms with Gasteiger partial charge in [-0.05, 0) is 52.0 Å². The molecule has 0 radical (unpaired) electrons. The summed E-state index contributed by atoms with van der Waals surface area (Å²) in [4.78, 5) is 4.36. The highest BCUT2D eigenvalue weighted by atomic mass is 31.2. The Bertz CT molecular complexity index is 564. The molecule has 0 amide bonds. The van der Waals surface area contributed by atoms with Gasteiger partial charge in [0.05, 0.1) is 20.3 Å². The molecule has 0 saturated carbocycles. The van der Waals surface area contributed by atoms with Crippen LogP contribution in [-0.2, 0) is 13.6 Å². The zero-order valence-corrected chi connectivity index (χ0v) is 14.7. The average Bonchev–Trinajstić information content (AvgIpc) is 2.48. The number of hydrogen-bond donors (Lipinski definition) is 0. The highest BCUT2D eigenvalue weighted by Gasteiger charge is 2.32. The Morgan fingerprint density at radius 1 is 1.14 bits per heavy atom. The Labute approximate surface area is 132 Å². The molecule has 0 N–H and O–H groups in total. The van der Waals surface area contributed by atoms with Crippen LogP contribution >= 0.6 is 7.60 Å². The molecule has 1 aromatic carbocycles. The summed E-state index contributed by atoms with van der Waals surface area (Å²) in [6.45, 7) is 7.95. The molecule has 1 rings (SSSR count). The van der Waals surface area contributed by atoms with E-state index in [2.05, 4.69) is 4.99 Å². The SMILES string of the molecule is CCOP(=O)(OCC)C(=NC=C(C)C)c1ccc(OC)cc1. The highest BCUT2D eigenvalue weighted by Crippen LogP contribution is 2.52. The van der Waals surface area contributed by atoms with Crippen LogP contribution in [-0.4, -0.2) is 25.8 Å². The molecule has 0 aromatic heterocycles. The lowest BCUT2D eigenvalue weighted by Gasteiger charge is -2.19. The van der Waals surface area contributed by atoms with E-state index in [9.17, 15) is 4.57 Å². The second-order valence-electron chi connectivity index (χ2n) is 4.72. The first-order valence-electron chi connectivity index (χ1n) is 7.22. The van der Waals surface area contributed by atoms with Crippen molar-refractivity contribution in [2.75, 3.05) is 20.3 Å². The second kappa shape index (κ2) is 8.89.